The van der Waals surface area contributed by atoms with Crippen molar-refractivity contribution in [3.63, 3.8) is 0 Å². The summed E-state index contributed by atoms with van der Waals surface area (Å²) in [5.41, 5.74) is 7.00. The van der Waals surface area contributed by atoms with Crippen LogP contribution in [-0.4, -0.2) is 28.6 Å². The van der Waals surface area contributed by atoms with Gasteiger partial charge in [-0.2, -0.15) is 0 Å². The van der Waals surface area contributed by atoms with Gasteiger partial charge in [0.25, 0.3) is 5.69 Å². The van der Waals surface area contributed by atoms with Gasteiger partial charge in [-0.3, -0.25) is 15.0 Å². The minimum absolute atomic E-state index is 0.111. The van der Waals surface area contributed by atoms with Crippen LogP contribution in [0.5, 0.6) is 0 Å². The fourth-order valence-electron chi connectivity index (χ4n) is 2.21. The molecule has 0 aromatic heterocycles. The standard InChI is InChI=1S/C13H21N3O2/c1-4-15(5-2)13(3,14)10-11-6-8-12(9-7-11)16(17)18/h6-9H,4-5,10,14H2,1-3H3. The van der Waals surface area contributed by atoms with E-state index in [4.69, 9.17) is 5.73 Å². The molecule has 5 nitrogen and oxygen atoms in total. The first-order valence-electron chi connectivity index (χ1n) is 6.18. The molecule has 100 valence electrons. The second-order valence-electron chi connectivity index (χ2n) is 4.63. The summed E-state index contributed by atoms with van der Waals surface area (Å²) in [6.07, 6.45) is 0.673. The van der Waals surface area contributed by atoms with Gasteiger partial charge in [0.1, 0.15) is 0 Å². The molecular formula is C13H21N3O2. The van der Waals surface area contributed by atoms with E-state index < -0.39 is 10.6 Å². The molecule has 0 aliphatic heterocycles. The van der Waals surface area contributed by atoms with Crippen molar-refractivity contribution < 1.29 is 4.92 Å². The van der Waals surface area contributed by atoms with Crippen LogP contribution in [0.15, 0.2) is 24.3 Å². The van der Waals surface area contributed by atoms with E-state index in [2.05, 4.69) is 18.7 Å². The van der Waals surface area contributed by atoms with Gasteiger partial charge >= 0.3 is 0 Å². The molecular weight excluding hydrogens is 230 g/mol. The van der Waals surface area contributed by atoms with E-state index in [0.717, 1.165) is 18.7 Å². The van der Waals surface area contributed by atoms with Gasteiger partial charge in [0.2, 0.25) is 0 Å². The molecule has 0 saturated heterocycles. The second kappa shape index (κ2) is 5.93. The van der Waals surface area contributed by atoms with Crippen LogP contribution in [0, 0.1) is 10.1 Å². The highest BCUT2D eigenvalue weighted by Crippen LogP contribution is 2.18. The maximum Gasteiger partial charge on any atom is 0.269 e. The van der Waals surface area contributed by atoms with Crippen LogP contribution in [0.3, 0.4) is 0 Å². The third-order valence-electron chi connectivity index (χ3n) is 3.20. The summed E-state index contributed by atoms with van der Waals surface area (Å²) in [5, 5.41) is 10.6. The van der Waals surface area contributed by atoms with Crippen LogP contribution in [-0.2, 0) is 6.42 Å². The predicted octanol–water partition coefficient (Wildman–Crippen LogP) is 2.15. The van der Waals surface area contributed by atoms with Crippen molar-refractivity contribution in [2.45, 2.75) is 32.9 Å². The van der Waals surface area contributed by atoms with E-state index >= 15 is 0 Å². The Balaban J connectivity index is 2.80. The van der Waals surface area contributed by atoms with Crippen molar-refractivity contribution in [1.29, 1.82) is 0 Å². The Kier molecular flexibility index (Phi) is 4.81. The van der Waals surface area contributed by atoms with Crippen molar-refractivity contribution >= 4 is 5.69 Å². The van der Waals surface area contributed by atoms with Gasteiger partial charge in [0.15, 0.2) is 0 Å². The Hall–Kier alpha value is -1.46. The summed E-state index contributed by atoms with van der Waals surface area (Å²) in [6, 6.07) is 6.58. The molecule has 0 bridgehead atoms. The van der Waals surface area contributed by atoms with E-state index in [1.54, 1.807) is 12.1 Å². The molecule has 1 atom stereocenters. The summed E-state index contributed by atoms with van der Waals surface area (Å²) >= 11 is 0. The molecule has 0 radical (unpaired) electrons. The Morgan fingerprint density at radius 3 is 2.17 bits per heavy atom. The molecule has 0 spiro atoms. The fourth-order valence-corrected chi connectivity index (χ4v) is 2.21. The van der Waals surface area contributed by atoms with E-state index in [0.29, 0.717) is 6.42 Å². The summed E-state index contributed by atoms with van der Waals surface area (Å²) in [4.78, 5) is 12.4. The van der Waals surface area contributed by atoms with Crippen LogP contribution < -0.4 is 5.73 Å². The Morgan fingerprint density at radius 1 is 1.28 bits per heavy atom. The first-order valence-corrected chi connectivity index (χ1v) is 6.18. The number of hydrogen-bond donors (Lipinski definition) is 1. The Morgan fingerprint density at radius 2 is 1.78 bits per heavy atom. The lowest BCUT2D eigenvalue weighted by Gasteiger charge is -2.37. The zero-order chi connectivity index (χ0) is 13.8. The number of nitrogens with zero attached hydrogens (tertiary/aromatic N) is 2. The third kappa shape index (κ3) is 3.51. The molecule has 0 aliphatic rings. The second-order valence-corrected chi connectivity index (χ2v) is 4.63. The summed E-state index contributed by atoms with van der Waals surface area (Å²) in [7, 11) is 0. The van der Waals surface area contributed by atoms with Gasteiger partial charge in [-0.1, -0.05) is 26.0 Å². The van der Waals surface area contributed by atoms with E-state index in [1.165, 1.54) is 12.1 Å². The quantitative estimate of drug-likeness (QED) is 0.477. The Bertz CT molecular complexity index is 397. The zero-order valence-corrected chi connectivity index (χ0v) is 11.2. The van der Waals surface area contributed by atoms with E-state index in [9.17, 15) is 10.1 Å². The lowest BCUT2D eigenvalue weighted by molar-refractivity contribution is -0.384. The van der Waals surface area contributed by atoms with Crippen LogP contribution >= 0.6 is 0 Å². The smallest absolute Gasteiger partial charge is 0.269 e. The lowest BCUT2D eigenvalue weighted by atomic mass is 10.00. The van der Waals surface area contributed by atoms with Crippen molar-refractivity contribution in [1.82, 2.24) is 4.90 Å². The topological polar surface area (TPSA) is 72.4 Å². The SMILES string of the molecule is CCN(CC)C(C)(N)Cc1ccc([N+](=O)[O-])cc1. The molecule has 0 heterocycles. The number of nitrogens with two attached hydrogens (primary N) is 1. The molecule has 1 unspecified atom stereocenters. The number of rotatable bonds is 6. The Labute approximate surface area is 108 Å². The lowest BCUT2D eigenvalue weighted by Crippen LogP contribution is -2.55. The minimum Gasteiger partial charge on any atom is -0.313 e. The van der Waals surface area contributed by atoms with E-state index in [1.807, 2.05) is 6.92 Å². The molecule has 0 fully saturated rings. The van der Waals surface area contributed by atoms with Crippen molar-refractivity contribution in [2.24, 2.45) is 5.73 Å². The van der Waals surface area contributed by atoms with Gasteiger partial charge in [0, 0.05) is 18.6 Å². The molecule has 0 amide bonds. The monoisotopic (exact) mass is 251 g/mol. The molecule has 1 rings (SSSR count). The fraction of sp³-hybridized carbons (Fsp3) is 0.538. The number of likely N-dealkylation sites (N-methyl/N-ethyl adjacent to an activating group) is 1. The van der Waals surface area contributed by atoms with Gasteiger partial charge in [0.05, 0.1) is 10.6 Å². The van der Waals surface area contributed by atoms with Crippen LogP contribution in [0.1, 0.15) is 26.3 Å². The number of non-ortho nitro benzene ring substituents is 1. The average molecular weight is 251 g/mol. The minimum atomic E-state index is -0.431. The van der Waals surface area contributed by atoms with Gasteiger partial charge < -0.3 is 5.73 Å². The molecule has 1 aromatic rings. The van der Waals surface area contributed by atoms with Crippen LogP contribution in [0.25, 0.3) is 0 Å². The summed E-state index contributed by atoms with van der Waals surface area (Å²) in [6.45, 7) is 7.91. The number of nitro groups is 1. The third-order valence-corrected chi connectivity index (χ3v) is 3.20. The average Bonchev–Trinajstić information content (AvgIpc) is 2.30. The first kappa shape index (κ1) is 14.6. The normalized spacial score (nSPS) is 14.5. The molecule has 0 saturated carbocycles. The van der Waals surface area contributed by atoms with Crippen molar-refractivity contribution in [3.05, 3.63) is 39.9 Å². The maximum atomic E-state index is 10.6. The highest BCUT2D eigenvalue weighted by molar-refractivity contribution is 5.33. The highest BCUT2D eigenvalue weighted by Gasteiger charge is 2.25. The number of nitro benzene ring substituents is 1. The molecule has 2 N–H and O–H groups in total. The van der Waals surface area contributed by atoms with Crippen molar-refractivity contribution in [2.75, 3.05) is 13.1 Å². The molecule has 18 heavy (non-hydrogen) atoms. The van der Waals surface area contributed by atoms with Gasteiger partial charge in [-0.05, 0) is 25.6 Å². The van der Waals surface area contributed by atoms with Gasteiger partial charge in [-0.15, -0.1) is 0 Å². The summed E-state index contributed by atoms with van der Waals surface area (Å²) in [5.74, 6) is 0. The first-order chi connectivity index (χ1) is 8.40. The van der Waals surface area contributed by atoms with Crippen LogP contribution in [0.4, 0.5) is 5.69 Å². The molecule has 5 heteroatoms. The molecule has 0 aliphatic carbocycles. The number of benzene rings is 1. The molecule has 1 aromatic carbocycles. The predicted molar refractivity (Wildman–Crippen MR) is 72.3 cm³/mol. The highest BCUT2D eigenvalue weighted by atomic mass is 16.6. The van der Waals surface area contributed by atoms with E-state index in [-0.39, 0.29) is 5.69 Å². The largest absolute Gasteiger partial charge is 0.313 e. The van der Waals surface area contributed by atoms with Crippen LogP contribution in [0.2, 0.25) is 0 Å². The van der Waals surface area contributed by atoms with Crippen molar-refractivity contribution in [3.8, 4) is 0 Å². The zero-order valence-electron chi connectivity index (χ0n) is 11.2. The van der Waals surface area contributed by atoms with Gasteiger partial charge in [-0.25, -0.2) is 0 Å². The summed E-state index contributed by atoms with van der Waals surface area (Å²) < 4.78 is 0. The maximum absolute atomic E-state index is 10.6. The number of hydrogen-bond acceptors (Lipinski definition) is 4.